The largest absolute Gasteiger partial charge is 0.348 e. The van der Waals surface area contributed by atoms with Crippen LogP contribution in [0, 0.1) is 0 Å². The Morgan fingerprint density at radius 3 is 2.82 bits per heavy atom. The third-order valence-corrected chi connectivity index (χ3v) is 2.87. The Morgan fingerprint density at radius 1 is 1.47 bits per heavy atom. The van der Waals surface area contributed by atoms with Gasteiger partial charge in [-0.25, -0.2) is 0 Å². The zero-order chi connectivity index (χ0) is 12.1. The van der Waals surface area contributed by atoms with E-state index < -0.39 is 0 Å². The molecule has 1 fully saturated rings. The standard InChI is InChI=1S/C13H20N4/c1-3-9-17(12-6-7-12)13-8-5-11(15-16-13)10-14-4-2/h3,5,8,12,14H,1,4,6-7,9-10H2,2H3. The fourth-order valence-electron chi connectivity index (χ4n) is 1.81. The molecule has 0 amide bonds. The summed E-state index contributed by atoms with van der Waals surface area (Å²) in [5, 5.41) is 11.8. The summed E-state index contributed by atoms with van der Waals surface area (Å²) < 4.78 is 0. The maximum Gasteiger partial charge on any atom is 0.151 e. The van der Waals surface area contributed by atoms with Crippen LogP contribution < -0.4 is 10.2 Å². The van der Waals surface area contributed by atoms with Gasteiger partial charge in [0.05, 0.1) is 5.69 Å². The molecule has 1 heterocycles. The van der Waals surface area contributed by atoms with E-state index in [2.05, 4.69) is 40.0 Å². The predicted octanol–water partition coefficient (Wildman–Crippen LogP) is 1.74. The molecule has 0 bridgehead atoms. The van der Waals surface area contributed by atoms with Crippen LogP contribution >= 0.6 is 0 Å². The van der Waals surface area contributed by atoms with Gasteiger partial charge in [-0.2, -0.15) is 5.10 Å². The first kappa shape index (κ1) is 12.0. The topological polar surface area (TPSA) is 41.0 Å². The van der Waals surface area contributed by atoms with Crippen molar-refractivity contribution < 1.29 is 0 Å². The molecule has 4 heteroatoms. The highest BCUT2D eigenvalue weighted by molar-refractivity contribution is 5.41. The summed E-state index contributed by atoms with van der Waals surface area (Å²) in [6, 6.07) is 4.74. The van der Waals surface area contributed by atoms with Crippen LogP contribution in [0.1, 0.15) is 25.5 Å². The first-order chi connectivity index (χ1) is 8.35. The highest BCUT2D eigenvalue weighted by Crippen LogP contribution is 2.29. The van der Waals surface area contributed by atoms with Gasteiger partial charge in [0.1, 0.15) is 0 Å². The van der Waals surface area contributed by atoms with E-state index in [1.165, 1.54) is 12.8 Å². The van der Waals surface area contributed by atoms with Crippen LogP contribution in [0.15, 0.2) is 24.8 Å². The van der Waals surface area contributed by atoms with Crippen molar-refractivity contribution in [2.24, 2.45) is 0 Å². The van der Waals surface area contributed by atoms with Crippen LogP contribution in [0.2, 0.25) is 0 Å². The van der Waals surface area contributed by atoms with E-state index in [9.17, 15) is 0 Å². The van der Waals surface area contributed by atoms with E-state index in [4.69, 9.17) is 0 Å². The average molecular weight is 232 g/mol. The van der Waals surface area contributed by atoms with Crippen molar-refractivity contribution >= 4 is 5.82 Å². The lowest BCUT2D eigenvalue weighted by atomic mass is 10.3. The molecule has 1 aliphatic rings. The van der Waals surface area contributed by atoms with Crippen LogP contribution in [0.25, 0.3) is 0 Å². The van der Waals surface area contributed by atoms with Gasteiger partial charge in [-0.1, -0.05) is 13.0 Å². The quantitative estimate of drug-likeness (QED) is 0.727. The molecule has 1 saturated carbocycles. The van der Waals surface area contributed by atoms with Crippen LogP contribution in [0.5, 0.6) is 0 Å². The second-order valence-corrected chi connectivity index (χ2v) is 4.34. The van der Waals surface area contributed by atoms with Gasteiger partial charge in [-0.3, -0.25) is 0 Å². The second kappa shape index (κ2) is 5.77. The summed E-state index contributed by atoms with van der Waals surface area (Å²) >= 11 is 0. The van der Waals surface area contributed by atoms with Gasteiger partial charge in [-0.15, -0.1) is 11.7 Å². The first-order valence-electron chi connectivity index (χ1n) is 6.26. The molecule has 0 spiro atoms. The highest BCUT2D eigenvalue weighted by atomic mass is 15.3. The number of hydrogen-bond acceptors (Lipinski definition) is 4. The van der Waals surface area contributed by atoms with E-state index in [0.29, 0.717) is 6.04 Å². The molecule has 4 nitrogen and oxygen atoms in total. The molecule has 0 aliphatic heterocycles. The highest BCUT2D eigenvalue weighted by Gasteiger charge is 2.29. The third kappa shape index (κ3) is 3.27. The Bertz CT molecular complexity index is 356. The lowest BCUT2D eigenvalue weighted by Gasteiger charge is -2.21. The van der Waals surface area contributed by atoms with Gasteiger partial charge in [0.25, 0.3) is 0 Å². The molecule has 0 aromatic carbocycles. The molecule has 0 radical (unpaired) electrons. The van der Waals surface area contributed by atoms with Crippen LogP contribution in [-0.2, 0) is 6.54 Å². The zero-order valence-electron chi connectivity index (χ0n) is 10.4. The van der Waals surface area contributed by atoms with Crippen LogP contribution in [0.4, 0.5) is 5.82 Å². The van der Waals surface area contributed by atoms with E-state index >= 15 is 0 Å². The summed E-state index contributed by atoms with van der Waals surface area (Å²) in [6.45, 7) is 8.47. The van der Waals surface area contributed by atoms with E-state index in [1.54, 1.807) is 0 Å². The maximum atomic E-state index is 4.30. The monoisotopic (exact) mass is 232 g/mol. The number of aromatic nitrogens is 2. The van der Waals surface area contributed by atoms with E-state index in [0.717, 1.165) is 31.1 Å². The van der Waals surface area contributed by atoms with Gasteiger partial charge >= 0.3 is 0 Å². The SMILES string of the molecule is C=CCN(c1ccc(CNCC)nn1)C1CC1. The Labute approximate surface area is 103 Å². The first-order valence-corrected chi connectivity index (χ1v) is 6.26. The Hall–Kier alpha value is -1.42. The Kier molecular flexibility index (Phi) is 4.09. The molecular formula is C13H20N4. The van der Waals surface area contributed by atoms with Crippen LogP contribution in [-0.4, -0.2) is 29.3 Å². The molecule has 0 atom stereocenters. The van der Waals surface area contributed by atoms with Crippen molar-refractivity contribution in [1.82, 2.24) is 15.5 Å². The molecule has 2 rings (SSSR count). The molecule has 0 saturated heterocycles. The van der Waals surface area contributed by atoms with Gasteiger partial charge in [-0.05, 0) is 31.5 Å². The van der Waals surface area contributed by atoms with Crippen LogP contribution in [0.3, 0.4) is 0 Å². The normalized spacial score (nSPS) is 14.6. The van der Waals surface area contributed by atoms with Gasteiger partial charge < -0.3 is 10.2 Å². The van der Waals surface area contributed by atoms with E-state index in [1.807, 2.05) is 12.1 Å². The smallest absolute Gasteiger partial charge is 0.151 e. The molecule has 1 aromatic rings. The Balaban J connectivity index is 2.01. The molecule has 17 heavy (non-hydrogen) atoms. The molecule has 92 valence electrons. The summed E-state index contributed by atoms with van der Waals surface area (Å²) in [7, 11) is 0. The van der Waals surface area contributed by atoms with Crippen molar-refractivity contribution in [2.45, 2.75) is 32.4 Å². The van der Waals surface area contributed by atoms with Gasteiger partial charge in [0.15, 0.2) is 5.82 Å². The fraction of sp³-hybridized carbons (Fsp3) is 0.538. The fourth-order valence-corrected chi connectivity index (χ4v) is 1.81. The van der Waals surface area contributed by atoms with Crippen molar-refractivity contribution in [1.29, 1.82) is 0 Å². The summed E-state index contributed by atoms with van der Waals surface area (Å²) in [5.74, 6) is 0.965. The summed E-state index contributed by atoms with van der Waals surface area (Å²) in [4.78, 5) is 2.27. The minimum absolute atomic E-state index is 0.641. The zero-order valence-corrected chi connectivity index (χ0v) is 10.4. The summed E-state index contributed by atoms with van der Waals surface area (Å²) in [5.41, 5.74) is 0.991. The average Bonchev–Trinajstić information content (AvgIpc) is 3.18. The van der Waals surface area contributed by atoms with Crippen molar-refractivity contribution in [2.75, 3.05) is 18.0 Å². The summed E-state index contributed by atoms with van der Waals surface area (Å²) in [6.07, 6.45) is 4.44. The number of rotatable bonds is 7. The second-order valence-electron chi connectivity index (χ2n) is 4.34. The number of hydrogen-bond donors (Lipinski definition) is 1. The lowest BCUT2D eigenvalue weighted by Crippen LogP contribution is -2.27. The lowest BCUT2D eigenvalue weighted by molar-refractivity contribution is 0.695. The molecule has 1 aromatic heterocycles. The molecule has 0 unspecified atom stereocenters. The molecular weight excluding hydrogens is 212 g/mol. The molecule has 1 N–H and O–H groups in total. The predicted molar refractivity (Wildman–Crippen MR) is 70.0 cm³/mol. The minimum atomic E-state index is 0.641. The number of nitrogens with one attached hydrogen (secondary N) is 1. The maximum absolute atomic E-state index is 4.30. The van der Waals surface area contributed by atoms with Crippen molar-refractivity contribution in [3.05, 3.63) is 30.5 Å². The van der Waals surface area contributed by atoms with Crippen molar-refractivity contribution in [3.8, 4) is 0 Å². The Morgan fingerprint density at radius 2 is 2.29 bits per heavy atom. The van der Waals surface area contributed by atoms with Gasteiger partial charge in [0, 0.05) is 19.1 Å². The minimum Gasteiger partial charge on any atom is -0.348 e. The number of anilines is 1. The third-order valence-electron chi connectivity index (χ3n) is 2.87. The van der Waals surface area contributed by atoms with Gasteiger partial charge in [0.2, 0.25) is 0 Å². The number of nitrogens with zero attached hydrogens (tertiary/aromatic N) is 3. The van der Waals surface area contributed by atoms with E-state index in [-0.39, 0.29) is 0 Å². The molecule has 1 aliphatic carbocycles. The van der Waals surface area contributed by atoms with Crippen molar-refractivity contribution in [3.63, 3.8) is 0 Å².